The number of nitrogens with one attached hydrogen (secondary N) is 2. The zero-order valence-electron chi connectivity index (χ0n) is 16.4. The number of fused-ring (bicyclic) bond motifs is 1. The van der Waals surface area contributed by atoms with Gasteiger partial charge in [0.15, 0.2) is 0 Å². The molecule has 9 nitrogen and oxygen atoms in total. The van der Waals surface area contributed by atoms with Gasteiger partial charge in [0, 0.05) is 11.6 Å². The highest BCUT2D eigenvalue weighted by molar-refractivity contribution is 7.18. The van der Waals surface area contributed by atoms with E-state index in [0.29, 0.717) is 39.5 Å². The maximum absolute atomic E-state index is 10.5. The summed E-state index contributed by atoms with van der Waals surface area (Å²) in [5.74, 6) is 0.944. The molecule has 0 radical (unpaired) electrons. The first-order valence-electron chi connectivity index (χ1n) is 9.36. The van der Waals surface area contributed by atoms with E-state index in [1.807, 2.05) is 18.2 Å². The molecule has 3 N–H and O–H groups in total. The fraction of sp³-hybridized carbons (Fsp3) is 0.150. The van der Waals surface area contributed by atoms with Crippen molar-refractivity contribution in [3.63, 3.8) is 0 Å². The Bertz CT molecular complexity index is 1250. The third kappa shape index (κ3) is 5.34. The molecule has 0 aliphatic heterocycles. The number of anilines is 1. The molecule has 4 rings (SSSR count). The number of hydrogen-bond acceptors (Lipinski definition) is 8. The van der Waals surface area contributed by atoms with E-state index in [9.17, 15) is 4.79 Å². The Morgan fingerprint density at radius 1 is 1.16 bits per heavy atom. The van der Waals surface area contributed by atoms with Gasteiger partial charge >= 0.3 is 6.09 Å². The third-order valence-corrected chi connectivity index (χ3v) is 5.89. The highest BCUT2D eigenvalue weighted by atomic mass is 35.5. The molecule has 164 valence electrons. The van der Waals surface area contributed by atoms with Crippen LogP contribution in [0.15, 0.2) is 42.6 Å². The summed E-state index contributed by atoms with van der Waals surface area (Å²) in [5, 5.41) is 23.7. The largest absolute Gasteiger partial charge is 0.492 e. The lowest BCUT2D eigenvalue weighted by Gasteiger charge is -2.07. The lowest BCUT2D eigenvalue weighted by molar-refractivity contribution is 0.191. The quantitative estimate of drug-likeness (QED) is 0.303. The van der Waals surface area contributed by atoms with Crippen molar-refractivity contribution in [2.45, 2.75) is 6.54 Å². The Morgan fingerprint density at radius 3 is 2.75 bits per heavy atom. The molecular weight excluding hydrogens is 475 g/mol. The highest BCUT2D eigenvalue weighted by Crippen LogP contribution is 2.33. The third-order valence-electron chi connectivity index (χ3n) is 4.23. The van der Waals surface area contributed by atoms with Crippen LogP contribution in [0.1, 0.15) is 5.01 Å². The van der Waals surface area contributed by atoms with Crippen LogP contribution >= 0.6 is 34.5 Å². The zero-order chi connectivity index (χ0) is 22.5. The fourth-order valence-electron chi connectivity index (χ4n) is 2.84. The topological polar surface area (TPSA) is 122 Å². The molecule has 2 aromatic carbocycles. The highest BCUT2D eigenvalue weighted by Gasteiger charge is 2.12. The van der Waals surface area contributed by atoms with Gasteiger partial charge < -0.3 is 20.5 Å². The summed E-state index contributed by atoms with van der Waals surface area (Å²) in [4.78, 5) is 19.5. The van der Waals surface area contributed by atoms with Crippen molar-refractivity contribution in [1.82, 2.24) is 25.5 Å². The van der Waals surface area contributed by atoms with Crippen molar-refractivity contribution in [2.24, 2.45) is 0 Å². The molecule has 12 heteroatoms. The summed E-state index contributed by atoms with van der Waals surface area (Å²) in [6.45, 7) is 0.831. The van der Waals surface area contributed by atoms with E-state index in [1.54, 1.807) is 18.2 Å². The van der Waals surface area contributed by atoms with Crippen molar-refractivity contribution < 1.29 is 14.6 Å². The Kier molecular flexibility index (Phi) is 6.84. The van der Waals surface area contributed by atoms with Crippen LogP contribution in [0.2, 0.25) is 10.0 Å². The van der Waals surface area contributed by atoms with Gasteiger partial charge in [0.05, 0.1) is 45.2 Å². The SMILES string of the molecule is O=C(O)NCCOc1ccc2sc(CNc3nncc(-c4c(Cl)cccc4Cl)n3)nc2c1. The van der Waals surface area contributed by atoms with Crippen LogP contribution in [0.5, 0.6) is 5.75 Å². The molecule has 0 saturated heterocycles. The second kappa shape index (κ2) is 9.94. The summed E-state index contributed by atoms with van der Waals surface area (Å²) in [5.41, 5.74) is 1.90. The van der Waals surface area contributed by atoms with E-state index in [4.69, 9.17) is 33.0 Å². The van der Waals surface area contributed by atoms with Gasteiger partial charge in [0.25, 0.3) is 0 Å². The van der Waals surface area contributed by atoms with Crippen LogP contribution in [0, 0.1) is 0 Å². The maximum Gasteiger partial charge on any atom is 0.404 e. The van der Waals surface area contributed by atoms with Gasteiger partial charge in [-0.05, 0) is 24.3 Å². The molecule has 0 aliphatic rings. The Labute approximate surface area is 196 Å². The summed E-state index contributed by atoms with van der Waals surface area (Å²) in [7, 11) is 0. The predicted molar refractivity (Wildman–Crippen MR) is 124 cm³/mol. The molecule has 0 fully saturated rings. The maximum atomic E-state index is 10.5. The number of carbonyl (C=O) groups is 1. The standard InChI is InChI=1S/C20H16Cl2N6O3S/c21-12-2-1-3-13(22)18(12)15-9-25-28-19(27-15)24-10-17-26-14-8-11(4-5-16(14)32-17)31-7-6-23-20(29)30/h1-5,8-9,23H,6-7,10H2,(H,29,30)(H,24,27,28). The molecule has 0 atom stereocenters. The molecule has 1 amide bonds. The first-order valence-corrected chi connectivity index (χ1v) is 10.9. The number of halogens is 2. The first kappa shape index (κ1) is 22.0. The molecule has 0 unspecified atom stereocenters. The summed E-state index contributed by atoms with van der Waals surface area (Å²) in [6, 6.07) is 10.8. The van der Waals surface area contributed by atoms with Crippen molar-refractivity contribution in [1.29, 1.82) is 0 Å². The summed E-state index contributed by atoms with van der Waals surface area (Å²) < 4.78 is 6.54. The number of rotatable bonds is 8. The number of benzene rings is 2. The number of nitrogens with zero attached hydrogens (tertiary/aromatic N) is 4. The summed E-state index contributed by atoms with van der Waals surface area (Å²) in [6.07, 6.45) is 0.420. The molecule has 0 aliphatic carbocycles. The number of ether oxygens (including phenoxy) is 1. The lowest BCUT2D eigenvalue weighted by Crippen LogP contribution is -2.26. The molecule has 0 bridgehead atoms. The second-order valence-corrected chi connectivity index (χ2v) is 8.36. The van der Waals surface area contributed by atoms with Crippen molar-refractivity contribution in [3.8, 4) is 17.0 Å². The Morgan fingerprint density at radius 2 is 1.97 bits per heavy atom. The van der Waals surface area contributed by atoms with Crippen LogP contribution in [0.4, 0.5) is 10.7 Å². The van der Waals surface area contributed by atoms with Gasteiger partial charge in [-0.3, -0.25) is 0 Å². The van der Waals surface area contributed by atoms with Crippen LogP contribution < -0.4 is 15.4 Å². The number of carboxylic acid groups (broad SMARTS) is 1. The number of amides is 1. The van der Waals surface area contributed by atoms with Gasteiger partial charge in [0.2, 0.25) is 5.95 Å². The Balaban J connectivity index is 1.42. The second-order valence-electron chi connectivity index (χ2n) is 6.43. The summed E-state index contributed by atoms with van der Waals surface area (Å²) >= 11 is 14.0. The van der Waals surface area contributed by atoms with Crippen LogP contribution in [0.25, 0.3) is 21.5 Å². The van der Waals surface area contributed by atoms with Crippen LogP contribution in [-0.4, -0.2) is 44.5 Å². The lowest BCUT2D eigenvalue weighted by atomic mass is 10.1. The predicted octanol–water partition coefficient (Wildman–Crippen LogP) is 4.71. The van der Waals surface area contributed by atoms with Crippen molar-refractivity contribution >= 4 is 56.8 Å². The van der Waals surface area contributed by atoms with E-state index in [2.05, 4.69) is 30.8 Å². The number of aromatic nitrogens is 4. The fourth-order valence-corrected chi connectivity index (χ4v) is 4.32. The molecule has 4 aromatic rings. The molecule has 0 spiro atoms. The normalized spacial score (nSPS) is 10.8. The average Bonchev–Trinajstić information content (AvgIpc) is 3.18. The first-order chi connectivity index (χ1) is 15.5. The van der Waals surface area contributed by atoms with Gasteiger partial charge in [-0.1, -0.05) is 29.3 Å². The minimum absolute atomic E-state index is 0.201. The van der Waals surface area contributed by atoms with Crippen molar-refractivity contribution in [2.75, 3.05) is 18.5 Å². The van der Waals surface area contributed by atoms with Gasteiger partial charge in [0.1, 0.15) is 17.4 Å². The van der Waals surface area contributed by atoms with E-state index in [1.165, 1.54) is 17.5 Å². The smallest absolute Gasteiger partial charge is 0.404 e. The van der Waals surface area contributed by atoms with Crippen LogP contribution in [-0.2, 0) is 6.54 Å². The molecule has 0 saturated carbocycles. The van der Waals surface area contributed by atoms with Crippen molar-refractivity contribution in [3.05, 3.63) is 57.6 Å². The van der Waals surface area contributed by atoms with Crippen LogP contribution in [0.3, 0.4) is 0 Å². The Hall–Kier alpha value is -3.21. The van der Waals surface area contributed by atoms with E-state index < -0.39 is 6.09 Å². The number of hydrogen-bond donors (Lipinski definition) is 3. The van der Waals surface area contributed by atoms with E-state index in [0.717, 1.165) is 15.2 Å². The minimum atomic E-state index is -1.08. The number of thiazole rings is 1. The molecule has 2 heterocycles. The monoisotopic (exact) mass is 490 g/mol. The molecule has 32 heavy (non-hydrogen) atoms. The van der Waals surface area contributed by atoms with E-state index in [-0.39, 0.29) is 13.2 Å². The van der Waals surface area contributed by atoms with Gasteiger partial charge in [-0.2, -0.15) is 5.10 Å². The van der Waals surface area contributed by atoms with Gasteiger partial charge in [-0.15, -0.1) is 16.4 Å². The van der Waals surface area contributed by atoms with Gasteiger partial charge in [-0.25, -0.2) is 14.8 Å². The average molecular weight is 491 g/mol. The molecular formula is C20H16Cl2N6O3S. The van der Waals surface area contributed by atoms with E-state index >= 15 is 0 Å². The zero-order valence-corrected chi connectivity index (χ0v) is 18.7. The minimum Gasteiger partial charge on any atom is -0.492 e. The molecule has 2 aromatic heterocycles.